The van der Waals surface area contributed by atoms with E-state index in [2.05, 4.69) is 28.2 Å². The largest absolute Gasteiger partial charge is 0.344 e. The maximum absolute atomic E-state index is 8.95. The summed E-state index contributed by atoms with van der Waals surface area (Å²) in [4.78, 5) is 11.5. The van der Waals surface area contributed by atoms with E-state index in [9.17, 15) is 0 Å². The number of hydrogen-bond donors (Lipinski definition) is 1. The Balaban J connectivity index is 1.94. The third-order valence-electron chi connectivity index (χ3n) is 4.26. The van der Waals surface area contributed by atoms with Gasteiger partial charge in [-0.3, -0.25) is 0 Å². The fourth-order valence-electron chi connectivity index (χ4n) is 2.70. The first-order valence-corrected chi connectivity index (χ1v) is 9.12. The van der Waals surface area contributed by atoms with Gasteiger partial charge in [-0.25, -0.2) is 4.98 Å². The highest BCUT2D eigenvalue weighted by Gasteiger charge is 2.10. The van der Waals surface area contributed by atoms with Gasteiger partial charge in [0.15, 0.2) is 0 Å². The lowest BCUT2D eigenvalue weighted by molar-refractivity contribution is 0.751. The van der Waals surface area contributed by atoms with Crippen LogP contribution in [-0.4, -0.2) is 23.6 Å². The van der Waals surface area contributed by atoms with Gasteiger partial charge in [0.2, 0.25) is 5.95 Å². The number of benzene rings is 2. The van der Waals surface area contributed by atoms with E-state index in [0.29, 0.717) is 11.5 Å². The number of anilines is 3. The van der Waals surface area contributed by atoms with Crippen molar-refractivity contribution in [2.24, 2.45) is 0 Å². The fourth-order valence-corrected chi connectivity index (χ4v) is 2.70. The second-order valence-corrected chi connectivity index (χ2v) is 6.39. The quantitative estimate of drug-likeness (QED) is 0.645. The second kappa shape index (κ2) is 8.81. The molecule has 0 fully saturated rings. The van der Waals surface area contributed by atoms with Gasteiger partial charge in [0, 0.05) is 30.9 Å². The van der Waals surface area contributed by atoms with E-state index in [0.717, 1.165) is 42.1 Å². The molecule has 0 unspecified atom stereocenters. The lowest BCUT2D eigenvalue weighted by Crippen LogP contribution is -2.21. The van der Waals surface area contributed by atoms with Crippen LogP contribution in [-0.2, 0) is 0 Å². The number of aromatic nitrogens is 2. The van der Waals surface area contributed by atoms with Crippen molar-refractivity contribution in [2.45, 2.75) is 19.8 Å². The third-order valence-corrected chi connectivity index (χ3v) is 4.26. The van der Waals surface area contributed by atoms with Crippen LogP contribution in [0.25, 0.3) is 11.3 Å². The van der Waals surface area contributed by atoms with E-state index in [-0.39, 0.29) is 0 Å². The molecule has 1 aromatic heterocycles. The van der Waals surface area contributed by atoms with Gasteiger partial charge in [-0.05, 0) is 30.7 Å². The number of rotatable bonds is 7. The van der Waals surface area contributed by atoms with Crippen LogP contribution in [0.5, 0.6) is 0 Å². The molecule has 0 atom stereocenters. The van der Waals surface area contributed by atoms with Crippen LogP contribution in [0, 0.1) is 11.3 Å². The minimum Gasteiger partial charge on any atom is -0.344 e. The molecular weight excluding hydrogens is 334 g/mol. The molecule has 0 saturated heterocycles. The summed E-state index contributed by atoms with van der Waals surface area (Å²) in [7, 11) is 2.02. The van der Waals surface area contributed by atoms with Crippen molar-refractivity contribution >= 4 is 17.5 Å². The first kappa shape index (κ1) is 18.4. The average molecular weight is 357 g/mol. The molecule has 1 heterocycles. The van der Waals surface area contributed by atoms with Gasteiger partial charge in [0.25, 0.3) is 0 Å². The van der Waals surface area contributed by atoms with Crippen molar-refractivity contribution in [1.29, 1.82) is 5.26 Å². The van der Waals surface area contributed by atoms with Gasteiger partial charge < -0.3 is 10.2 Å². The minimum absolute atomic E-state index is 0.633. The molecule has 5 nitrogen and oxygen atoms in total. The Morgan fingerprint density at radius 3 is 2.44 bits per heavy atom. The molecule has 3 aromatic rings. The molecule has 27 heavy (non-hydrogen) atoms. The zero-order valence-corrected chi connectivity index (χ0v) is 15.7. The Kier molecular flexibility index (Phi) is 6.01. The van der Waals surface area contributed by atoms with Crippen LogP contribution in [0.2, 0.25) is 0 Å². The number of nitrogens with one attached hydrogen (secondary N) is 1. The van der Waals surface area contributed by atoms with Crippen LogP contribution >= 0.6 is 0 Å². The maximum atomic E-state index is 8.95. The fraction of sp³-hybridized carbons (Fsp3) is 0.227. The molecule has 0 bridgehead atoms. The lowest BCUT2D eigenvalue weighted by atomic mass is 10.1. The van der Waals surface area contributed by atoms with Crippen LogP contribution < -0.4 is 10.2 Å². The SMILES string of the molecule is CCCCN(C)c1nc(Nc2ccc(C#N)cc2)cc(-c2ccccc2)n1. The average Bonchev–Trinajstić information content (AvgIpc) is 2.73. The Labute approximate surface area is 160 Å². The molecule has 136 valence electrons. The summed E-state index contributed by atoms with van der Waals surface area (Å²) in [6, 6.07) is 21.5. The van der Waals surface area contributed by atoms with Gasteiger partial charge in [0.05, 0.1) is 17.3 Å². The van der Waals surface area contributed by atoms with Gasteiger partial charge in [-0.15, -0.1) is 0 Å². The first-order valence-electron chi connectivity index (χ1n) is 9.12. The topological polar surface area (TPSA) is 64.8 Å². The first-order chi connectivity index (χ1) is 13.2. The molecular formula is C22H23N5. The van der Waals surface area contributed by atoms with Crippen molar-refractivity contribution in [3.05, 3.63) is 66.2 Å². The van der Waals surface area contributed by atoms with Crippen molar-refractivity contribution in [3.8, 4) is 17.3 Å². The minimum atomic E-state index is 0.633. The van der Waals surface area contributed by atoms with Gasteiger partial charge in [0.1, 0.15) is 5.82 Å². The van der Waals surface area contributed by atoms with Crippen molar-refractivity contribution in [3.63, 3.8) is 0 Å². The van der Waals surface area contributed by atoms with E-state index in [4.69, 9.17) is 10.2 Å². The zero-order chi connectivity index (χ0) is 19.1. The molecule has 0 radical (unpaired) electrons. The molecule has 2 aromatic carbocycles. The zero-order valence-electron chi connectivity index (χ0n) is 15.7. The number of nitrogens with zero attached hydrogens (tertiary/aromatic N) is 4. The molecule has 3 rings (SSSR count). The standard InChI is InChI=1S/C22H23N5/c1-3-4-14-27(2)22-25-20(18-8-6-5-7-9-18)15-21(26-22)24-19-12-10-17(16-23)11-13-19/h5-13,15H,3-4,14H2,1-2H3,(H,24,25,26). The van der Waals surface area contributed by atoms with E-state index in [1.807, 2.05) is 55.6 Å². The number of nitriles is 1. The smallest absolute Gasteiger partial charge is 0.227 e. The Morgan fingerprint density at radius 2 is 1.78 bits per heavy atom. The summed E-state index contributed by atoms with van der Waals surface area (Å²) >= 11 is 0. The van der Waals surface area contributed by atoms with Crippen LogP contribution in [0.1, 0.15) is 25.3 Å². The highest BCUT2D eigenvalue weighted by Crippen LogP contribution is 2.25. The van der Waals surface area contributed by atoms with Crippen LogP contribution in [0.15, 0.2) is 60.7 Å². The van der Waals surface area contributed by atoms with Crippen LogP contribution in [0.3, 0.4) is 0 Å². The summed E-state index contributed by atoms with van der Waals surface area (Å²) in [6.45, 7) is 3.08. The Bertz CT molecular complexity index is 914. The maximum Gasteiger partial charge on any atom is 0.227 e. The lowest BCUT2D eigenvalue weighted by Gasteiger charge is -2.19. The molecule has 0 amide bonds. The van der Waals surface area contributed by atoms with Gasteiger partial charge in [-0.2, -0.15) is 10.2 Å². The summed E-state index contributed by atoms with van der Waals surface area (Å²) in [5, 5.41) is 12.3. The second-order valence-electron chi connectivity index (χ2n) is 6.39. The summed E-state index contributed by atoms with van der Waals surface area (Å²) in [5.41, 5.74) is 3.44. The molecule has 0 spiro atoms. The molecule has 0 aliphatic heterocycles. The monoisotopic (exact) mass is 357 g/mol. The van der Waals surface area contributed by atoms with Crippen molar-refractivity contribution in [1.82, 2.24) is 9.97 Å². The summed E-state index contributed by atoms with van der Waals surface area (Å²) in [5.74, 6) is 1.42. The van der Waals surface area contributed by atoms with Crippen LogP contribution in [0.4, 0.5) is 17.5 Å². The van der Waals surface area contributed by atoms with E-state index < -0.39 is 0 Å². The third kappa shape index (κ3) is 4.83. The summed E-state index contributed by atoms with van der Waals surface area (Å²) in [6.07, 6.45) is 2.22. The number of hydrogen-bond acceptors (Lipinski definition) is 5. The highest BCUT2D eigenvalue weighted by atomic mass is 15.2. The summed E-state index contributed by atoms with van der Waals surface area (Å²) < 4.78 is 0. The Morgan fingerprint density at radius 1 is 1.04 bits per heavy atom. The predicted octanol–water partition coefficient (Wildman–Crippen LogP) is 5.00. The van der Waals surface area contributed by atoms with E-state index >= 15 is 0 Å². The molecule has 1 N–H and O–H groups in total. The van der Waals surface area contributed by atoms with E-state index in [1.54, 1.807) is 12.1 Å². The highest BCUT2D eigenvalue weighted by molar-refractivity contribution is 5.67. The molecule has 0 aliphatic rings. The van der Waals surface area contributed by atoms with Crippen molar-refractivity contribution in [2.75, 3.05) is 23.8 Å². The molecule has 5 heteroatoms. The Hall–Kier alpha value is -3.39. The normalized spacial score (nSPS) is 10.3. The van der Waals surface area contributed by atoms with Crippen molar-refractivity contribution < 1.29 is 0 Å². The van der Waals surface area contributed by atoms with Gasteiger partial charge in [-0.1, -0.05) is 43.7 Å². The molecule has 0 aliphatic carbocycles. The van der Waals surface area contributed by atoms with E-state index in [1.165, 1.54) is 0 Å². The predicted molar refractivity (Wildman–Crippen MR) is 110 cm³/mol. The number of unbranched alkanes of at least 4 members (excludes halogenated alkanes) is 1. The van der Waals surface area contributed by atoms with Gasteiger partial charge >= 0.3 is 0 Å². The molecule has 0 saturated carbocycles.